The molecule has 1 aromatic heterocycles. The molecule has 5 nitrogen and oxygen atoms in total. The molecule has 0 amide bonds. The second-order valence-electron chi connectivity index (χ2n) is 40.3. The van der Waals surface area contributed by atoms with Crippen molar-refractivity contribution in [3.8, 4) is 72.8 Å². The summed E-state index contributed by atoms with van der Waals surface area (Å²) in [6.07, 6.45) is 0. The smallest absolute Gasteiger partial charge is 0.256 e. The number of hydrogen-bond acceptors (Lipinski definition) is 4. The van der Waals surface area contributed by atoms with E-state index in [9.17, 15) is 9.60 Å². The molecule has 124 heavy (non-hydrogen) atoms. The first-order valence-electron chi connectivity index (χ1n) is 47.4. The SMILES string of the molecule is [2H]c1cc2c(c([2H])c1[2H])-c1c([2H])c([2H])c([2H])c([2H])c1C21c2ccccc2-c2cccc(-c3cc4c5c(c3)N(c3cc(C(C)(C)C)cc(C(C)(C)C)c3)c3ccccc3B5c3cc5c(cc3O4)N(c3c(-c4ccccc4)cc(C(C)(C)C)cc3-c3ccccc3)c3cc(-n4c6ccccc6c6ccccc64)cc4c3B5c3ccccc3N4c3cc(C(C)(C)C)cc(C(C)(C)C)c3)c21. The number of para-hydroxylation sites is 4. The quantitative estimate of drug-likeness (QED) is 0.148. The van der Waals surface area contributed by atoms with Gasteiger partial charge in [0.2, 0.25) is 0 Å². The van der Waals surface area contributed by atoms with Gasteiger partial charge >= 0.3 is 0 Å². The fourth-order valence-electron chi connectivity index (χ4n) is 21.5. The Kier molecular flexibility index (Phi) is 14.8. The van der Waals surface area contributed by atoms with Crippen molar-refractivity contribution in [2.75, 3.05) is 14.7 Å². The van der Waals surface area contributed by atoms with Gasteiger partial charge in [-0.3, -0.25) is 0 Å². The maximum absolute atomic E-state index is 10.3. The molecule has 2 aliphatic carbocycles. The molecule has 0 saturated heterocycles. The number of nitrogens with zero attached hydrogens (tertiary/aromatic N) is 4. The van der Waals surface area contributed by atoms with E-state index in [4.69, 9.17) is 4.74 Å². The summed E-state index contributed by atoms with van der Waals surface area (Å²) < 4.78 is 79.0. The van der Waals surface area contributed by atoms with Crippen LogP contribution in [0.25, 0.3) is 83.1 Å². The van der Waals surface area contributed by atoms with Crippen molar-refractivity contribution in [1.29, 1.82) is 0 Å². The Morgan fingerprint density at radius 2 is 0.734 bits per heavy atom. The van der Waals surface area contributed by atoms with Crippen LogP contribution in [0.3, 0.4) is 0 Å². The van der Waals surface area contributed by atoms with Crippen molar-refractivity contribution in [3.63, 3.8) is 0 Å². The first-order valence-corrected chi connectivity index (χ1v) is 43.9. The normalized spacial score (nSPS) is 15.9. The molecule has 1 atom stereocenters. The molecule has 0 N–H and O–H groups in total. The zero-order valence-electron chi connectivity index (χ0n) is 80.1. The molecule has 4 aliphatic heterocycles. The Balaban J connectivity index is 0.869. The highest BCUT2D eigenvalue weighted by atomic mass is 16.5. The van der Waals surface area contributed by atoms with Gasteiger partial charge in [-0.15, -0.1) is 0 Å². The number of fused-ring (bicyclic) bond motifs is 21. The standard InChI is InChI=1S/C117H100B2N4O/c1-112(2,3)74-59-75(113(4,5)6)62-79(61-74)121-101-56-35-31-52-95(101)119-97-69-96-102(70-106(97)124-107-58-73(57-103(121)110(107)119)82-46-36-47-88-85-43-24-29-50-93(85)117(108(82)88)91-48-27-22-41-83(91)84-42-23-28-49-92(84)117)123(111-89(71-37-18-16-19-38-71)65-78(116(13,14)15)66-90(111)72-39-20-17-21-40-72)105-68-81(120-98-53-32-25-44-86(98)87-45-26-33-54-99(87)120)67-104-109(105)118(96)94-51-30-34-55-100(94)122(104)80-63-76(114(7,8)9)60-77(64-80)115(10,11)12/h16-70H,1-15H3/i22D,23D,27D,28D,41D,42D,48D. The van der Waals surface area contributed by atoms with Crippen molar-refractivity contribution in [2.45, 2.75) is 136 Å². The van der Waals surface area contributed by atoms with Gasteiger partial charge in [0, 0.05) is 73.5 Å². The fraction of sp³-hybridized carbons (Fsp3) is 0.179. The van der Waals surface area contributed by atoms with Crippen LogP contribution in [-0.4, -0.2) is 18.0 Å². The first kappa shape index (κ1) is 68.2. The van der Waals surface area contributed by atoms with Crippen LogP contribution in [0.5, 0.6) is 11.5 Å². The molecule has 7 heteroatoms. The highest BCUT2D eigenvalue weighted by Gasteiger charge is 2.54. The van der Waals surface area contributed by atoms with Crippen molar-refractivity contribution in [3.05, 3.63) is 384 Å². The van der Waals surface area contributed by atoms with Gasteiger partial charge in [-0.1, -0.05) is 346 Å². The van der Waals surface area contributed by atoms with Crippen LogP contribution in [0.1, 0.15) is 164 Å². The minimum atomic E-state index is -1.52. The number of benzene rings is 16. The van der Waals surface area contributed by atoms with E-state index >= 15 is 0 Å². The molecule has 23 rings (SSSR count). The van der Waals surface area contributed by atoms with Crippen LogP contribution in [0.2, 0.25) is 0 Å². The van der Waals surface area contributed by atoms with E-state index in [0.717, 1.165) is 156 Å². The molecule has 17 aromatic rings. The molecule has 1 spiro atoms. The van der Waals surface area contributed by atoms with Crippen molar-refractivity contribution in [1.82, 2.24) is 4.57 Å². The molecular weight excluding hydrogens is 1500 g/mol. The summed E-state index contributed by atoms with van der Waals surface area (Å²) in [5.74, 6) is 1.33. The molecule has 0 fully saturated rings. The van der Waals surface area contributed by atoms with Gasteiger partial charge < -0.3 is 24.0 Å². The second-order valence-corrected chi connectivity index (χ2v) is 40.3. The molecule has 5 heterocycles. The van der Waals surface area contributed by atoms with E-state index in [1.807, 2.05) is 18.2 Å². The average Bonchev–Trinajstić information content (AvgIpc) is 1.49. The third kappa shape index (κ3) is 11.2. The zero-order valence-corrected chi connectivity index (χ0v) is 73.1. The number of rotatable bonds is 7. The Bertz CT molecular complexity index is 7680. The van der Waals surface area contributed by atoms with Gasteiger partial charge in [0.15, 0.2) is 0 Å². The largest absolute Gasteiger partial charge is 0.458 e. The van der Waals surface area contributed by atoms with Gasteiger partial charge in [-0.25, -0.2) is 0 Å². The monoisotopic (exact) mass is 1610 g/mol. The number of ether oxygens (including phenoxy) is 1. The van der Waals surface area contributed by atoms with Gasteiger partial charge in [-0.05, 0) is 239 Å². The number of hydrogen-bond donors (Lipinski definition) is 0. The van der Waals surface area contributed by atoms with E-state index in [-0.39, 0.29) is 75.1 Å². The van der Waals surface area contributed by atoms with Gasteiger partial charge in [-0.2, -0.15) is 0 Å². The lowest BCUT2D eigenvalue weighted by Gasteiger charge is -2.46. The van der Waals surface area contributed by atoms with E-state index in [1.54, 1.807) is 6.07 Å². The van der Waals surface area contributed by atoms with E-state index in [1.165, 1.54) is 38.7 Å². The van der Waals surface area contributed by atoms with Gasteiger partial charge in [0.05, 0.1) is 37.4 Å². The molecule has 0 radical (unpaired) electrons. The van der Waals surface area contributed by atoms with E-state index in [2.05, 4.69) is 390 Å². The summed E-state index contributed by atoms with van der Waals surface area (Å²) in [7, 11) is 0. The topological polar surface area (TPSA) is 23.9 Å². The first-order chi connectivity index (χ1) is 62.6. The lowest BCUT2D eigenvalue weighted by atomic mass is 9.30. The van der Waals surface area contributed by atoms with Crippen molar-refractivity contribution >= 4 is 119 Å². The molecule has 0 saturated carbocycles. The highest BCUT2D eigenvalue weighted by molar-refractivity contribution is 7.02. The Morgan fingerprint density at radius 1 is 0.282 bits per heavy atom. The lowest BCUT2D eigenvalue weighted by Crippen LogP contribution is -2.64. The van der Waals surface area contributed by atoms with Gasteiger partial charge in [0.1, 0.15) is 11.5 Å². The summed E-state index contributed by atoms with van der Waals surface area (Å²) >= 11 is 0. The summed E-state index contributed by atoms with van der Waals surface area (Å²) in [5, 5.41) is 2.33. The predicted molar refractivity (Wildman–Crippen MR) is 527 cm³/mol. The molecule has 6 aliphatic rings. The van der Waals surface area contributed by atoms with Crippen LogP contribution in [0.15, 0.2) is 333 Å². The highest BCUT2D eigenvalue weighted by Crippen LogP contribution is 2.65. The van der Waals surface area contributed by atoms with E-state index in [0.29, 0.717) is 22.6 Å². The maximum Gasteiger partial charge on any atom is 0.256 e. The third-order valence-corrected chi connectivity index (χ3v) is 27.6. The van der Waals surface area contributed by atoms with Crippen LogP contribution in [0.4, 0.5) is 51.2 Å². The summed E-state index contributed by atoms with van der Waals surface area (Å²) in [4.78, 5) is 7.74. The van der Waals surface area contributed by atoms with Crippen LogP contribution < -0.4 is 52.2 Å². The number of anilines is 9. The lowest BCUT2D eigenvalue weighted by molar-refractivity contribution is 0.488. The van der Waals surface area contributed by atoms with Gasteiger partial charge in [0.25, 0.3) is 13.4 Å². The predicted octanol–water partition coefficient (Wildman–Crippen LogP) is 27.1. The molecule has 1 unspecified atom stereocenters. The number of aromatic nitrogens is 1. The second kappa shape index (κ2) is 26.8. The Hall–Kier alpha value is -13.4. The van der Waals surface area contributed by atoms with Crippen LogP contribution in [-0.2, 0) is 32.5 Å². The summed E-state index contributed by atoms with van der Waals surface area (Å²) in [6.45, 7) is 34.0. The van der Waals surface area contributed by atoms with Crippen molar-refractivity contribution < 1.29 is 14.3 Å². The Labute approximate surface area is 741 Å². The summed E-state index contributed by atoms with van der Waals surface area (Å²) in [6, 6.07) is 106. The maximum atomic E-state index is 10.3. The van der Waals surface area contributed by atoms with Crippen LogP contribution in [0, 0.1) is 0 Å². The molecular formula is C117H100B2N4O. The van der Waals surface area contributed by atoms with E-state index < -0.39 is 24.2 Å². The molecule has 600 valence electrons. The molecule has 0 bridgehead atoms. The average molecular weight is 1610 g/mol. The Morgan fingerprint density at radius 3 is 1.31 bits per heavy atom. The minimum Gasteiger partial charge on any atom is -0.458 e. The minimum absolute atomic E-state index is 0.173. The van der Waals surface area contributed by atoms with Crippen molar-refractivity contribution in [2.24, 2.45) is 0 Å². The molecule has 16 aromatic carbocycles. The van der Waals surface area contributed by atoms with Crippen LogP contribution >= 0.6 is 0 Å². The third-order valence-electron chi connectivity index (χ3n) is 27.6. The zero-order chi connectivity index (χ0) is 90.8. The fourth-order valence-corrected chi connectivity index (χ4v) is 21.5. The summed E-state index contributed by atoms with van der Waals surface area (Å²) in [5.41, 5.74) is 32.4.